The molecule has 2 atom stereocenters. The van der Waals surface area contributed by atoms with E-state index in [0.29, 0.717) is 11.4 Å². The summed E-state index contributed by atoms with van der Waals surface area (Å²) in [4.78, 5) is 20.2. The minimum Gasteiger partial charge on any atom is -0.384 e. The van der Waals surface area contributed by atoms with E-state index in [0.717, 1.165) is 6.07 Å². The number of nitrogens with one attached hydrogen (secondary N) is 1. The Hall–Kier alpha value is -2.26. The van der Waals surface area contributed by atoms with Gasteiger partial charge in [0.05, 0.1) is 10.7 Å². The van der Waals surface area contributed by atoms with E-state index in [-0.39, 0.29) is 23.6 Å². The smallest absolute Gasteiger partial charge is 0.384 e. The monoisotopic (exact) mass is 433 g/mol. The topological polar surface area (TPSA) is 75.1 Å². The van der Waals surface area contributed by atoms with E-state index in [1.54, 1.807) is 6.92 Å². The number of aliphatic hydroxyl groups is 1. The number of carbonyl (C=O) groups excluding carboxylic acids is 1. The van der Waals surface area contributed by atoms with Crippen LogP contribution in [-0.2, 0) is 5.41 Å². The van der Waals surface area contributed by atoms with E-state index >= 15 is 0 Å². The molecular weight excluding hydrogens is 414 g/mol. The van der Waals surface area contributed by atoms with Gasteiger partial charge in [0.15, 0.2) is 6.10 Å². The van der Waals surface area contributed by atoms with Gasteiger partial charge in [0.2, 0.25) is 0 Å². The van der Waals surface area contributed by atoms with Crippen LogP contribution >= 0.6 is 11.6 Å². The average Bonchev–Trinajstić information content (AvgIpc) is 2.63. The third-order valence-electron chi connectivity index (χ3n) is 4.44. The molecule has 2 rings (SSSR count). The maximum absolute atomic E-state index is 14.5. The van der Waals surface area contributed by atoms with E-state index in [2.05, 4.69) is 15.3 Å². The lowest BCUT2D eigenvalue weighted by Crippen LogP contribution is -2.37. The van der Waals surface area contributed by atoms with Gasteiger partial charge in [-0.2, -0.15) is 13.2 Å². The Labute approximate surface area is 170 Å². The van der Waals surface area contributed by atoms with Crippen LogP contribution in [0.1, 0.15) is 49.3 Å². The van der Waals surface area contributed by atoms with E-state index in [1.807, 2.05) is 0 Å². The Morgan fingerprint density at radius 1 is 1.28 bits per heavy atom. The second-order valence-electron chi connectivity index (χ2n) is 6.91. The molecule has 0 spiro atoms. The number of aliphatic hydroxyl groups excluding tert-OH is 1. The van der Waals surface area contributed by atoms with Crippen molar-refractivity contribution in [3.63, 3.8) is 0 Å². The number of hydrogen-bond donors (Lipinski definition) is 2. The zero-order chi connectivity index (χ0) is 21.8. The molecule has 2 aromatic rings. The number of amides is 1. The molecule has 0 aliphatic carbocycles. The first-order chi connectivity index (χ1) is 13.5. The van der Waals surface area contributed by atoms with Crippen molar-refractivity contribution in [3.05, 3.63) is 52.7 Å². The van der Waals surface area contributed by atoms with Crippen LogP contribution in [0.3, 0.4) is 0 Å². The minimum absolute atomic E-state index is 0.0332. The van der Waals surface area contributed by atoms with Crippen LogP contribution in [0.25, 0.3) is 0 Å². The Balaban J connectivity index is 2.33. The lowest BCUT2D eigenvalue weighted by molar-refractivity contribution is -0.209. The van der Waals surface area contributed by atoms with Crippen molar-refractivity contribution in [1.29, 1.82) is 0 Å². The maximum Gasteiger partial charge on any atom is 0.414 e. The highest BCUT2D eigenvalue weighted by atomic mass is 35.5. The summed E-state index contributed by atoms with van der Waals surface area (Å²) in [5, 5.41) is 12.3. The molecule has 0 aromatic carbocycles. The molecule has 2 aromatic heterocycles. The van der Waals surface area contributed by atoms with Crippen LogP contribution in [0.5, 0.6) is 0 Å². The second kappa shape index (κ2) is 9.04. The van der Waals surface area contributed by atoms with Gasteiger partial charge in [-0.25, -0.2) is 14.4 Å². The number of anilines is 1. The predicted octanol–water partition coefficient (Wildman–Crippen LogP) is 4.89. The zero-order valence-corrected chi connectivity index (χ0v) is 16.5. The average molecular weight is 434 g/mol. The van der Waals surface area contributed by atoms with Crippen molar-refractivity contribution in [2.45, 2.75) is 50.8 Å². The summed E-state index contributed by atoms with van der Waals surface area (Å²) in [5.41, 5.74) is -1.62. The molecule has 2 unspecified atom stereocenters. The normalized spacial score (nSPS) is 14.9. The summed E-state index contributed by atoms with van der Waals surface area (Å²) >= 11 is 5.72. The molecule has 0 saturated carbocycles. The van der Waals surface area contributed by atoms with Crippen LogP contribution in [0.4, 0.5) is 23.4 Å². The van der Waals surface area contributed by atoms with Crippen molar-refractivity contribution in [3.8, 4) is 0 Å². The second-order valence-corrected chi connectivity index (χ2v) is 7.35. The lowest BCUT2D eigenvalue weighted by Gasteiger charge is -2.32. The fourth-order valence-corrected chi connectivity index (χ4v) is 3.15. The van der Waals surface area contributed by atoms with Gasteiger partial charge in [-0.3, -0.25) is 4.79 Å². The van der Waals surface area contributed by atoms with Crippen molar-refractivity contribution in [2.75, 3.05) is 5.32 Å². The standard InChI is InChI=1S/C19H20ClF4N3O2/c1-3-8-18(2,9-14(28)19(22,23)24)16-12(21)5-7-15(26-16)27-17(29)13-6-4-11(20)10-25-13/h4-7,10,14,28H,3,8-9H2,1-2H3,(H,26,27,29). The van der Waals surface area contributed by atoms with Crippen LogP contribution in [0, 0.1) is 5.82 Å². The van der Waals surface area contributed by atoms with E-state index in [4.69, 9.17) is 11.6 Å². The highest BCUT2D eigenvalue weighted by Crippen LogP contribution is 2.38. The number of alkyl halides is 3. The number of aromatic nitrogens is 2. The Morgan fingerprint density at radius 3 is 2.52 bits per heavy atom. The van der Waals surface area contributed by atoms with Gasteiger partial charge in [0.1, 0.15) is 17.3 Å². The third kappa shape index (κ3) is 5.86. The van der Waals surface area contributed by atoms with Gasteiger partial charge in [-0.1, -0.05) is 31.9 Å². The summed E-state index contributed by atoms with van der Waals surface area (Å²) in [6.45, 7) is 3.14. The predicted molar refractivity (Wildman–Crippen MR) is 100 cm³/mol. The Bertz CT molecular complexity index is 862. The van der Waals surface area contributed by atoms with Crippen molar-refractivity contribution >= 4 is 23.3 Å². The molecule has 29 heavy (non-hydrogen) atoms. The summed E-state index contributed by atoms with van der Waals surface area (Å²) in [5.74, 6) is -1.51. The number of nitrogens with zero attached hydrogens (tertiary/aromatic N) is 2. The highest BCUT2D eigenvalue weighted by Gasteiger charge is 2.44. The largest absolute Gasteiger partial charge is 0.414 e. The first-order valence-corrected chi connectivity index (χ1v) is 9.19. The van der Waals surface area contributed by atoms with Crippen LogP contribution in [-0.4, -0.2) is 33.3 Å². The Morgan fingerprint density at radius 2 is 1.97 bits per heavy atom. The molecule has 2 heterocycles. The minimum atomic E-state index is -4.84. The molecule has 5 nitrogen and oxygen atoms in total. The summed E-state index contributed by atoms with van der Waals surface area (Å²) < 4.78 is 53.1. The van der Waals surface area contributed by atoms with Gasteiger partial charge >= 0.3 is 6.18 Å². The molecule has 1 amide bonds. The number of carbonyl (C=O) groups is 1. The molecule has 2 N–H and O–H groups in total. The molecule has 0 radical (unpaired) electrons. The van der Waals surface area contributed by atoms with Gasteiger partial charge in [0.25, 0.3) is 5.91 Å². The summed E-state index contributed by atoms with van der Waals surface area (Å²) in [7, 11) is 0. The molecular formula is C19H20ClF4N3O2. The quantitative estimate of drug-likeness (QED) is 0.609. The van der Waals surface area contributed by atoms with Gasteiger partial charge < -0.3 is 10.4 Å². The van der Waals surface area contributed by atoms with Crippen molar-refractivity contribution in [2.24, 2.45) is 0 Å². The summed E-state index contributed by atoms with van der Waals surface area (Å²) in [6, 6.07) is 5.05. The molecule has 10 heteroatoms. The number of hydrogen-bond acceptors (Lipinski definition) is 4. The number of rotatable bonds is 7. The SMILES string of the molecule is CCCC(C)(CC(O)C(F)(F)F)c1nc(NC(=O)c2ccc(Cl)cn2)ccc1F. The first-order valence-electron chi connectivity index (χ1n) is 8.81. The van der Waals surface area contributed by atoms with Crippen molar-refractivity contribution in [1.82, 2.24) is 9.97 Å². The molecule has 0 fully saturated rings. The van der Waals surface area contributed by atoms with Gasteiger partial charge in [-0.15, -0.1) is 0 Å². The lowest BCUT2D eigenvalue weighted by atomic mass is 9.76. The third-order valence-corrected chi connectivity index (χ3v) is 4.67. The van der Waals surface area contributed by atoms with E-state index < -0.39 is 35.8 Å². The van der Waals surface area contributed by atoms with E-state index in [9.17, 15) is 27.5 Å². The van der Waals surface area contributed by atoms with Crippen LogP contribution < -0.4 is 5.32 Å². The van der Waals surface area contributed by atoms with Crippen LogP contribution in [0.2, 0.25) is 5.02 Å². The molecule has 0 aliphatic rings. The Kier molecular flexibility index (Phi) is 7.18. The highest BCUT2D eigenvalue weighted by molar-refractivity contribution is 6.30. The van der Waals surface area contributed by atoms with Gasteiger partial charge in [0, 0.05) is 11.6 Å². The number of halogens is 5. The number of pyridine rings is 2. The summed E-state index contributed by atoms with van der Waals surface area (Å²) in [6.07, 6.45) is -6.36. The molecule has 0 bridgehead atoms. The fraction of sp³-hybridized carbons (Fsp3) is 0.421. The maximum atomic E-state index is 14.5. The van der Waals surface area contributed by atoms with Crippen LogP contribution in [0.15, 0.2) is 30.5 Å². The molecule has 0 saturated heterocycles. The van der Waals surface area contributed by atoms with E-state index in [1.165, 1.54) is 31.3 Å². The first kappa shape index (κ1) is 23.0. The van der Waals surface area contributed by atoms with Crippen molar-refractivity contribution < 1.29 is 27.5 Å². The molecule has 0 aliphatic heterocycles. The fourth-order valence-electron chi connectivity index (χ4n) is 3.04. The zero-order valence-electron chi connectivity index (χ0n) is 15.7. The molecule has 158 valence electrons. The van der Waals surface area contributed by atoms with Gasteiger partial charge in [-0.05, 0) is 37.1 Å².